The van der Waals surface area contributed by atoms with Gasteiger partial charge in [0.1, 0.15) is 6.04 Å². The first kappa shape index (κ1) is 20.0. The predicted octanol–water partition coefficient (Wildman–Crippen LogP) is 2.70. The SMILES string of the molecule is CCOC(=O)C(Cc1ccccc1)NC(=O)C=Cc1ccc(O)c(OC)c1. The summed E-state index contributed by atoms with van der Waals surface area (Å²) in [5, 5.41) is 12.3. The van der Waals surface area contributed by atoms with Gasteiger partial charge in [-0.15, -0.1) is 0 Å². The molecule has 142 valence electrons. The lowest BCUT2D eigenvalue weighted by molar-refractivity contribution is -0.146. The molecular weight excluding hydrogens is 346 g/mol. The van der Waals surface area contributed by atoms with Crippen LogP contribution in [0.1, 0.15) is 18.1 Å². The Morgan fingerprint density at radius 3 is 2.59 bits per heavy atom. The van der Waals surface area contributed by atoms with Crippen LogP contribution in [0.4, 0.5) is 0 Å². The van der Waals surface area contributed by atoms with Crippen molar-refractivity contribution in [3.05, 3.63) is 65.7 Å². The van der Waals surface area contributed by atoms with E-state index in [1.54, 1.807) is 25.1 Å². The zero-order chi connectivity index (χ0) is 19.6. The number of nitrogens with one attached hydrogen (secondary N) is 1. The molecule has 1 atom stereocenters. The number of phenols is 1. The van der Waals surface area contributed by atoms with Gasteiger partial charge in [0.25, 0.3) is 0 Å². The van der Waals surface area contributed by atoms with Gasteiger partial charge in [-0.25, -0.2) is 4.79 Å². The number of rotatable bonds is 8. The normalized spacial score (nSPS) is 11.8. The van der Waals surface area contributed by atoms with Gasteiger partial charge in [-0.2, -0.15) is 0 Å². The molecule has 1 amide bonds. The summed E-state index contributed by atoms with van der Waals surface area (Å²) in [5.41, 5.74) is 1.60. The van der Waals surface area contributed by atoms with Gasteiger partial charge in [-0.05, 0) is 36.3 Å². The maximum Gasteiger partial charge on any atom is 0.328 e. The Labute approximate surface area is 158 Å². The maximum atomic E-state index is 12.3. The van der Waals surface area contributed by atoms with Gasteiger partial charge in [0.15, 0.2) is 11.5 Å². The van der Waals surface area contributed by atoms with Crippen LogP contribution in [-0.2, 0) is 20.7 Å². The fourth-order valence-electron chi connectivity index (χ4n) is 2.48. The molecule has 0 radical (unpaired) electrons. The van der Waals surface area contributed by atoms with E-state index in [0.29, 0.717) is 17.7 Å². The largest absolute Gasteiger partial charge is 0.504 e. The van der Waals surface area contributed by atoms with E-state index in [0.717, 1.165) is 5.56 Å². The molecule has 27 heavy (non-hydrogen) atoms. The smallest absolute Gasteiger partial charge is 0.328 e. The number of ether oxygens (including phenoxy) is 2. The molecule has 0 saturated heterocycles. The van der Waals surface area contributed by atoms with Gasteiger partial charge in [0.2, 0.25) is 5.91 Å². The second kappa shape index (κ2) is 10.0. The summed E-state index contributed by atoms with van der Waals surface area (Å²) in [7, 11) is 1.45. The third-order valence-electron chi connectivity index (χ3n) is 3.80. The maximum absolute atomic E-state index is 12.3. The molecule has 0 spiro atoms. The van der Waals surface area contributed by atoms with Crippen LogP contribution in [-0.4, -0.2) is 36.7 Å². The lowest BCUT2D eigenvalue weighted by Gasteiger charge is -2.16. The number of carbonyl (C=O) groups is 2. The van der Waals surface area contributed by atoms with Crippen molar-refractivity contribution < 1.29 is 24.2 Å². The summed E-state index contributed by atoms with van der Waals surface area (Å²) in [6, 6.07) is 13.4. The Kier molecular flexibility index (Phi) is 7.43. The molecule has 0 aliphatic heterocycles. The summed E-state index contributed by atoms with van der Waals surface area (Å²) in [6.07, 6.45) is 3.23. The van der Waals surface area contributed by atoms with Crippen LogP contribution in [0, 0.1) is 0 Å². The number of phenolic OH excluding ortho intramolecular Hbond substituents is 1. The molecule has 2 N–H and O–H groups in total. The zero-order valence-corrected chi connectivity index (χ0v) is 15.3. The van der Waals surface area contributed by atoms with E-state index >= 15 is 0 Å². The van der Waals surface area contributed by atoms with E-state index in [-0.39, 0.29) is 12.4 Å². The van der Waals surface area contributed by atoms with Crippen LogP contribution in [0.15, 0.2) is 54.6 Å². The molecule has 6 heteroatoms. The molecule has 2 rings (SSSR count). The topological polar surface area (TPSA) is 84.9 Å². The first-order chi connectivity index (χ1) is 13.0. The summed E-state index contributed by atoms with van der Waals surface area (Å²) in [5.74, 6) is -0.569. The highest BCUT2D eigenvalue weighted by atomic mass is 16.5. The molecule has 0 saturated carbocycles. The number of carbonyl (C=O) groups excluding carboxylic acids is 2. The molecule has 6 nitrogen and oxygen atoms in total. The van der Waals surface area contributed by atoms with Gasteiger partial charge in [0, 0.05) is 12.5 Å². The average molecular weight is 369 g/mol. The quantitative estimate of drug-likeness (QED) is 0.552. The van der Waals surface area contributed by atoms with Gasteiger partial charge in [-0.1, -0.05) is 36.4 Å². The van der Waals surface area contributed by atoms with Gasteiger partial charge < -0.3 is 19.9 Å². The minimum Gasteiger partial charge on any atom is -0.504 e. The molecule has 0 aromatic heterocycles. The fraction of sp³-hybridized carbons (Fsp3) is 0.238. The third kappa shape index (κ3) is 6.18. The number of hydrogen-bond acceptors (Lipinski definition) is 5. The summed E-state index contributed by atoms with van der Waals surface area (Å²) >= 11 is 0. The Bertz CT molecular complexity index is 801. The summed E-state index contributed by atoms with van der Waals surface area (Å²) < 4.78 is 10.1. The third-order valence-corrected chi connectivity index (χ3v) is 3.80. The Morgan fingerprint density at radius 2 is 1.93 bits per heavy atom. The number of hydrogen-bond donors (Lipinski definition) is 2. The highest BCUT2D eigenvalue weighted by Crippen LogP contribution is 2.26. The van der Waals surface area contributed by atoms with Crippen molar-refractivity contribution in [1.29, 1.82) is 0 Å². The Hall–Kier alpha value is -3.28. The Balaban J connectivity index is 2.07. The van der Waals surface area contributed by atoms with Crippen LogP contribution >= 0.6 is 0 Å². The number of esters is 1. The van der Waals surface area contributed by atoms with E-state index in [1.807, 2.05) is 30.3 Å². The lowest BCUT2D eigenvalue weighted by atomic mass is 10.1. The van der Waals surface area contributed by atoms with Crippen LogP contribution in [0.2, 0.25) is 0 Å². The van der Waals surface area contributed by atoms with Crippen molar-refractivity contribution in [2.75, 3.05) is 13.7 Å². The van der Waals surface area contributed by atoms with Crippen LogP contribution in [0.5, 0.6) is 11.5 Å². The number of methoxy groups -OCH3 is 1. The molecule has 0 heterocycles. The molecule has 1 unspecified atom stereocenters. The van der Waals surface area contributed by atoms with Crippen LogP contribution in [0.3, 0.4) is 0 Å². The van der Waals surface area contributed by atoms with E-state index in [1.165, 1.54) is 19.3 Å². The highest BCUT2D eigenvalue weighted by molar-refractivity contribution is 5.94. The van der Waals surface area contributed by atoms with Crippen LogP contribution < -0.4 is 10.1 Å². The summed E-state index contributed by atoms with van der Waals surface area (Å²) in [6.45, 7) is 1.96. The molecule has 2 aromatic rings. The first-order valence-electron chi connectivity index (χ1n) is 8.59. The van der Waals surface area contributed by atoms with Crippen molar-refractivity contribution in [3.8, 4) is 11.5 Å². The monoisotopic (exact) mass is 369 g/mol. The molecule has 0 bridgehead atoms. The van der Waals surface area contributed by atoms with Crippen molar-refractivity contribution in [2.45, 2.75) is 19.4 Å². The molecule has 0 fully saturated rings. The minimum atomic E-state index is -0.779. The predicted molar refractivity (Wildman–Crippen MR) is 102 cm³/mol. The standard InChI is InChI=1S/C21H23NO5/c1-3-27-21(25)17(13-15-7-5-4-6-8-15)22-20(24)12-10-16-9-11-18(23)19(14-16)26-2/h4-12,14,17,23H,3,13H2,1-2H3,(H,22,24). The molecule has 0 aliphatic rings. The fourth-order valence-corrected chi connectivity index (χ4v) is 2.48. The molecular formula is C21H23NO5. The lowest BCUT2D eigenvalue weighted by Crippen LogP contribution is -2.42. The zero-order valence-electron chi connectivity index (χ0n) is 15.3. The Morgan fingerprint density at radius 1 is 1.19 bits per heavy atom. The van der Waals surface area contributed by atoms with E-state index < -0.39 is 17.9 Å². The minimum absolute atomic E-state index is 0.0179. The number of aromatic hydroxyl groups is 1. The van der Waals surface area contributed by atoms with Crippen LogP contribution in [0.25, 0.3) is 6.08 Å². The molecule has 2 aromatic carbocycles. The average Bonchev–Trinajstić information content (AvgIpc) is 2.68. The van der Waals surface area contributed by atoms with E-state index in [2.05, 4.69) is 5.32 Å². The number of benzene rings is 2. The first-order valence-corrected chi connectivity index (χ1v) is 8.59. The van der Waals surface area contributed by atoms with Gasteiger partial charge in [-0.3, -0.25) is 4.79 Å². The van der Waals surface area contributed by atoms with Crippen molar-refractivity contribution in [3.63, 3.8) is 0 Å². The van der Waals surface area contributed by atoms with Gasteiger partial charge in [0.05, 0.1) is 13.7 Å². The summed E-state index contributed by atoms with van der Waals surface area (Å²) in [4.78, 5) is 24.4. The van der Waals surface area contributed by atoms with Crippen molar-refractivity contribution in [1.82, 2.24) is 5.32 Å². The van der Waals surface area contributed by atoms with Gasteiger partial charge >= 0.3 is 5.97 Å². The van der Waals surface area contributed by atoms with Crippen molar-refractivity contribution in [2.24, 2.45) is 0 Å². The second-order valence-electron chi connectivity index (χ2n) is 5.77. The second-order valence-corrected chi connectivity index (χ2v) is 5.77. The van der Waals surface area contributed by atoms with E-state index in [9.17, 15) is 14.7 Å². The van der Waals surface area contributed by atoms with Crippen molar-refractivity contribution >= 4 is 18.0 Å². The highest BCUT2D eigenvalue weighted by Gasteiger charge is 2.21. The van der Waals surface area contributed by atoms with E-state index in [4.69, 9.17) is 9.47 Å². The number of amides is 1. The molecule has 0 aliphatic carbocycles.